The Morgan fingerprint density at radius 1 is 1.14 bits per heavy atom. The molecule has 1 saturated carbocycles. The Bertz CT molecular complexity index is 1060. The number of hydrogen-bond donors (Lipinski definition) is 0. The van der Waals surface area contributed by atoms with Crippen molar-refractivity contribution in [3.05, 3.63) is 38.5 Å². The van der Waals surface area contributed by atoms with Gasteiger partial charge in [0.25, 0.3) is 5.56 Å². The molecule has 148 valence electrons. The van der Waals surface area contributed by atoms with E-state index < -0.39 is 0 Å². The smallest absolute Gasteiger partial charge is 0.259 e. The second-order valence-electron chi connectivity index (χ2n) is 7.86. The summed E-state index contributed by atoms with van der Waals surface area (Å²) < 4.78 is 4.14. The van der Waals surface area contributed by atoms with Crippen molar-refractivity contribution in [2.45, 2.75) is 81.7 Å². The van der Waals surface area contributed by atoms with E-state index in [-0.39, 0.29) is 5.56 Å². The lowest BCUT2D eigenvalue weighted by Gasteiger charge is -2.24. The van der Waals surface area contributed by atoms with E-state index in [4.69, 9.17) is 4.98 Å². The molecule has 3 aromatic rings. The summed E-state index contributed by atoms with van der Waals surface area (Å²) in [5.41, 5.74) is 2.09. The molecule has 0 radical (unpaired) electrons. The van der Waals surface area contributed by atoms with Crippen molar-refractivity contribution in [2.75, 3.05) is 0 Å². The Labute approximate surface area is 172 Å². The van der Waals surface area contributed by atoms with Crippen LogP contribution in [-0.2, 0) is 18.6 Å². The average molecular weight is 416 g/mol. The van der Waals surface area contributed by atoms with Crippen molar-refractivity contribution in [2.24, 2.45) is 0 Å². The first-order chi connectivity index (χ1) is 13.7. The van der Waals surface area contributed by atoms with Gasteiger partial charge in [0, 0.05) is 28.4 Å². The lowest BCUT2D eigenvalue weighted by molar-refractivity contribution is 0.332. The van der Waals surface area contributed by atoms with Gasteiger partial charge >= 0.3 is 0 Å². The minimum Gasteiger partial charge on any atom is -0.303 e. The molecule has 8 heteroatoms. The first kappa shape index (κ1) is 18.4. The highest BCUT2D eigenvalue weighted by molar-refractivity contribution is 7.98. The minimum atomic E-state index is 0.0601. The summed E-state index contributed by atoms with van der Waals surface area (Å²) in [5.74, 6) is 1.64. The molecular weight excluding hydrogens is 390 g/mol. The Morgan fingerprint density at radius 3 is 2.82 bits per heavy atom. The number of aryl methyl sites for hydroxylation is 3. The van der Waals surface area contributed by atoms with E-state index in [2.05, 4.69) is 14.8 Å². The van der Waals surface area contributed by atoms with E-state index in [0.29, 0.717) is 11.8 Å². The van der Waals surface area contributed by atoms with Crippen molar-refractivity contribution in [1.29, 1.82) is 0 Å². The largest absolute Gasteiger partial charge is 0.303 e. The van der Waals surface area contributed by atoms with E-state index >= 15 is 0 Å². The van der Waals surface area contributed by atoms with Crippen LogP contribution in [0.2, 0.25) is 0 Å². The number of thioether (sulfide) groups is 1. The first-order valence-electron chi connectivity index (χ1n) is 10.3. The second kappa shape index (κ2) is 7.63. The SMILES string of the molecule is Cc1nnc(SCc2cc(=O)n3c4c(sc3n2)CCCC4)n1C1CCCCC1. The van der Waals surface area contributed by atoms with Crippen LogP contribution >= 0.6 is 23.1 Å². The molecule has 0 amide bonds. The van der Waals surface area contributed by atoms with Crippen LogP contribution in [0.4, 0.5) is 0 Å². The summed E-state index contributed by atoms with van der Waals surface area (Å²) >= 11 is 3.34. The van der Waals surface area contributed by atoms with Gasteiger partial charge in [-0.25, -0.2) is 4.98 Å². The number of fused-ring (bicyclic) bond motifs is 3. The molecule has 0 unspecified atom stereocenters. The van der Waals surface area contributed by atoms with Crippen LogP contribution < -0.4 is 5.56 Å². The molecule has 6 nitrogen and oxygen atoms in total. The standard InChI is InChI=1S/C20H25N5OS2/c1-13-22-23-20(24(13)15-7-3-2-4-8-15)27-12-14-11-18(26)25-16-9-5-6-10-17(16)28-19(25)21-14/h11,15H,2-10,12H2,1H3. The molecule has 0 bridgehead atoms. The number of nitrogens with zero attached hydrogens (tertiary/aromatic N) is 5. The minimum absolute atomic E-state index is 0.0601. The molecule has 2 aliphatic rings. The molecule has 5 rings (SSSR count). The average Bonchev–Trinajstić information content (AvgIpc) is 3.27. The van der Waals surface area contributed by atoms with Gasteiger partial charge in [0.2, 0.25) is 0 Å². The Hall–Kier alpha value is -1.67. The predicted octanol–water partition coefficient (Wildman–Crippen LogP) is 4.33. The summed E-state index contributed by atoms with van der Waals surface area (Å²) in [7, 11) is 0. The fraction of sp³-hybridized carbons (Fsp3) is 0.600. The zero-order chi connectivity index (χ0) is 19.1. The second-order valence-corrected chi connectivity index (χ2v) is 9.87. The van der Waals surface area contributed by atoms with Gasteiger partial charge in [0.15, 0.2) is 10.1 Å². The van der Waals surface area contributed by atoms with Gasteiger partial charge in [-0.05, 0) is 45.4 Å². The molecule has 0 N–H and O–H groups in total. The summed E-state index contributed by atoms with van der Waals surface area (Å²) in [5, 5.41) is 9.69. The van der Waals surface area contributed by atoms with Crippen LogP contribution in [0.25, 0.3) is 4.96 Å². The monoisotopic (exact) mass is 415 g/mol. The molecule has 2 aliphatic carbocycles. The first-order valence-corrected chi connectivity index (χ1v) is 12.1. The van der Waals surface area contributed by atoms with Gasteiger partial charge in [-0.1, -0.05) is 31.0 Å². The van der Waals surface area contributed by atoms with Crippen molar-refractivity contribution in [3.8, 4) is 0 Å². The van der Waals surface area contributed by atoms with E-state index in [0.717, 1.165) is 34.5 Å². The molecule has 0 aromatic carbocycles. The molecule has 0 saturated heterocycles. The zero-order valence-electron chi connectivity index (χ0n) is 16.2. The molecule has 0 atom stereocenters. The van der Waals surface area contributed by atoms with Crippen molar-refractivity contribution in [3.63, 3.8) is 0 Å². The van der Waals surface area contributed by atoms with Crippen LogP contribution in [0.1, 0.15) is 73.1 Å². The molecule has 0 spiro atoms. The Morgan fingerprint density at radius 2 is 1.96 bits per heavy atom. The quantitative estimate of drug-likeness (QED) is 0.593. The van der Waals surface area contributed by atoms with E-state index in [1.54, 1.807) is 29.2 Å². The van der Waals surface area contributed by atoms with E-state index in [1.165, 1.54) is 55.5 Å². The van der Waals surface area contributed by atoms with Crippen LogP contribution in [0.3, 0.4) is 0 Å². The van der Waals surface area contributed by atoms with E-state index in [9.17, 15) is 4.79 Å². The maximum absolute atomic E-state index is 12.7. The fourth-order valence-corrected chi connectivity index (χ4v) is 6.74. The lowest BCUT2D eigenvalue weighted by Crippen LogP contribution is -2.18. The molecule has 3 aromatic heterocycles. The maximum atomic E-state index is 12.7. The summed E-state index contributed by atoms with van der Waals surface area (Å²) in [6.07, 6.45) is 10.8. The lowest BCUT2D eigenvalue weighted by atomic mass is 9.95. The third-order valence-corrected chi connectivity index (χ3v) is 8.06. The third kappa shape index (κ3) is 3.30. The van der Waals surface area contributed by atoms with Gasteiger partial charge in [0.1, 0.15) is 5.82 Å². The molecule has 28 heavy (non-hydrogen) atoms. The van der Waals surface area contributed by atoms with Crippen LogP contribution in [0.15, 0.2) is 16.0 Å². The van der Waals surface area contributed by atoms with Crippen molar-refractivity contribution < 1.29 is 0 Å². The highest BCUT2D eigenvalue weighted by Crippen LogP contribution is 2.33. The normalized spacial score (nSPS) is 17.9. The molecule has 0 aliphatic heterocycles. The van der Waals surface area contributed by atoms with Gasteiger partial charge in [0.05, 0.1) is 5.69 Å². The number of rotatable bonds is 4. The molecule has 1 fully saturated rings. The number of hydrogen-bond acceptors (Lipinski definition) is 6. The van der Waals surface area contributed by atoms with Crippen LogP contribution in [0, 0.1) is 6.92 Å². The van der Waals surface area contributed by atoms with Crippen molar-refractivity contribution in [1.82, 2.24) is 24.1 Å². The zero-order valence-corrected chi connectivity index (χ0v) is 17.8. The third-order valence-electron chi connectivity index (χ3n) is 5.94. The van der Waals surface area contributed by atoms with E-state index in [1.807, 2.05) is 11.3 Å². The predicted molar refractivity (Wildman–Crippen MR) is 112 cm³/mol. The summed E-state index contributed by atoms with van der Waals surface area (Å²) in [4.78, 5) is 19.7. The highest BCUT2D eigenvalue weighted by Gasteiger charge is 2.22. The van der Waals surface area contributed by atoms with Crippen LogP contribution in [-0.4, -0.2) is 24.1 Å². The molecule has 3 heterocycles. The van der Waals surface area contributed by atoms with Crippen molar-refractivity contribution >= 4 is 28.1 Å². The summed E-state index contributed by atoms with van der Waals surface area (Å²) in [6.45, 7) is 2.04. The Kier molecular flexibility index (Phi) is 5.00. The number of thiazole rings is 1. The number of aromatic nitrogens is 5. The van der Waals surface area contributed by atoms with Gasteiger partial charge in [-0.15, -0.1) is 21.5 Å². The highest BCUT2D eigenvalue weighted by atomic mass is 32.2. The maximum Gasteiger partial charge on any atom is 0.259 e. The fourth-order valence-electron chi connectivity index (χ4n) is 4.56. The van der Waals surface area contributed by atoms with Gasteiger partial charge in [-0.3, -0.25) is 9.20 Å². The topological polar surface area (TPSA) is 65.1 Å². The van der Waals surface area contributed by atoms with Gasteiger partial charge in [-0.2, -0.15) is 0 Å². The Balaban J connectivity index is 1.40. The summed E-state index contributed by atoms with van der Waals surface area (Å²) in [6, 6.07) is 2.21. The molecular formula is C20H25N5OS2. The van der Waals surface area contributed by atoms with Gasteiger partial charge < -0.3 is 4.57 Å². The van der Waals surface area contributed by atoms with Crippen LogP contribution in [0.5, 0.6) is 0 Å².